The van der Waals surface area contributed by atoms with Gasteiger partial charge >= 0.3 is 6.09 Å². The Morgan fingerprint density at radius 3 is 2.59 bits per heavy atom. The molecule has 1 atom stereocenters. The van der Waals surface area contributed by atoms with Crippen LogP contribution < -0.4 is 0 Å². The zero-order valence-corrected chi connectivity index (χ0v) is 11.5. The Morgan fingerprint density at radius 1 is 1.41 bits per heavy atom. The number of carbonyl (C=O) groups excluding carboxylic acids is 1. The first kappa shape index (κ1) is 14.3. The number of rotatable bonds is 1. The van der Waals surface area contributed by atoms with Gasteiger partial charge in [0.1, 0.15) is 5.60 Å². The van der Waals surface area contributed by atoms with Crippen LogP contribution in [-0.4, -0.2) is 40.4 Å². The molecule has 0 aliphatic carbocycles. The van der Waals surface area contributed by atoms with E-state index in [1.165, 1.54) is 0 Å². The van der Waals surface area contributed by atoms with Gasteiger partial charge in [-0.15, -0.1) is 0 Å². The summed E-state index contributed by atoms with van der Waals surface area (Å²) in [5, 5.41) is 10.3. The van der Waals surface area contributed by atoms with Crippen molar-refractivity contribution in [2.75, 3.05) is 13.1 Å². The number of hydrogen-bond donors (Lipinski definition) is 1. The number of amides is 1. The van der Waals surface area contributed by atoms with Gasteiger partial charge in [0.15, 0.2) is 0 Å². The molecule has 1 rings (SSSR count). The number of likely N-dealkylation sites (tertiary alicyclic amines) is 1. The highest BCUT2D eigenvalue weighted by Crippen LogP contribution is 2.24. The van der Waals surface area contributed by atoms with E-state index >= 15 is 0 Å². The zero-order chi connectivity index (χ0) is 13.1. The first-order valence-electron chi connectivity index (χ1n) is 6.46. The second-order valence-electron chi connectivity index (χ2n) is 5.94. The minimum Gasteiger partial charge on any atom is -0.444 e. The molecule has 0 spiro atoms. The van der Waals surface area contributed by atoms with E-state index in [9.17, 15) is 9.90 Å². The Hall–Kier alpha value is -0.770. The van der Waals surface area contributed by atoms with Crippen molar-refractivity contribution in [3.63, 3.8) is 0 Å². The van der Waals surface area contributed by atoms with Crippen molar-refractivity contribution in [2.24, 2.45) is 0 Å². The van der Waals surface area contributed by atoms with Crippen LogP contribution in [0, 0.1) is 0 Å². The van der Waals surface area contributed by atoms with Crippen LogP contribution in [0.4, 0.5) is 4.79 Å². The van der Waals surface area contributed by atoms with Crippen molar-refractivity contribution in [3.05, 3.63) is 0 Å². The predicted molar refractivity (Wildman–Crippen MR) is 66.9 cm³/mol. The molecular formula is C13H25NO3. The van der Waals surface area contributed by atoms with Crippen LogP contribution in [0.2, 0.25) is 0 Å². The number of nitrogens with zero attached hydrogens (tertiary/aromatic N) is 1. The number of hydrogen-bond acceptors (Lipinski definition) is 3. The highest BCUT2D eigenvalue weighted by Gasteiger charge is 2.33. The van der Waals surface area contributed by atoms with Gasteiger partial charge in [-0.2, -0.15) is 0 Å². The monoisotopic (exact) mass is 243 g/mol. The predicted octanol–water partition coefficient (Wildman–Crippen LogP) is 2.55. The first-order valence-corrected chi connectivity index (χ1v) is 6.46. The normalized spacial score (nSPS) is 26.5. The average Bonchev–Trinajstić information content (AvgIpc) is 2.39. The Balaban J connectivity index is 2.66. The van der Waals surface area contributed by atoms with Crippen LogP contribution in [0.15, 0.2) is 0 Å². The van der Waals surface area contributed by atoms with Gasteiger partial charge < -0.3 is 14.7 Å². The van der Waals surface area contributed by atoms with Gasteiger partial charge in [0, 0.05) is 6.54 Å². The molecule has 1 saturated heterocycles. The molecule has 100 valence electrons. The second-order valence-corrected chi connectivity index (χ2v) is 5.94. The molecule has 0 aromatic heterocycles. The van der Waals surface area contributed by atoms with E-state index in [1.807, 2.05) is 27.7 Å². The molecule has 4 heteroatoms. The number of aliphatic hydroxyl groups is 1. The molecule has 0 radical (unpaired) electrons. The number of carbonyl (C=O) groups is 1. The van der Waals surface area contributed by atoms with Crippen molar-refractivity contribution >= 4 is 6.09 Å². The molecule has 0 aromatic carbocycles. The zero-order valence-electron chi connectivity index (χ0n) is 11.5. The molecule has 1 fully saturated rings. The summed E-state index contributed by atoms with van der Waals surface area (Å²) in [5.41, 5.74) is -1.22. The van der Waals surface area contributed by atoms with E-state index in [0.29, 0.717) is 19.5 Å². The summed E-state index contributed by atoms with van der Waals surface area (Å²) in [7, 11) is 0. The van der Waals surface area contributed by atoms with Crippen LogP contribution in [0.25, 0.3) is 0 Å². The lowest BCUT2D eigenvalue weighted by molar-refractivity contribution is -0.0161. The van der Waals surface area contributed by atoms with E-state index in [-0.39, 0.29) is 6.09 Å². The molecule has 4 nitrogen and oxygen atoms in total. The van der Waals surface area contributed by atoms with Crippen molar-refractivity contribution in [2.45, 2.75) is 64.6 Å². The average molecular weight is 243 g/mol. The Bertz CT molecular complexity index is 272. The van der Waals surface area contributed by atoms with E-state index in [1.54, 1.807) is 4.90 Å². The van der Waals surface area contributed by atoms with Gasteiger partial charge in [0.25, 0.3) is 0 Å². The largest absolute Gasteiger partial charge is 0.444 e. The SMILES string of the molecule is CCC1(O)CCCCN(C(=O)OC(C)(C)C)C1. The fraction of sp³-hybridized carbons (Fsp3) is 0.923. The summed E-state index contributed by atoms with van der Waals surface area (Å²) in [5.74, 6) is 0. The van der Waals surface area contributed by atoms with E-state index < -0.39 is 11.2 Å². The van der Waals surface area contributed by atoms with Crippen LogP contribution in [-0.2, 0) is 4.74 Å². The molecular weight excluding hydrogens is 218 g/mol. The van der Waals surface area contributed by atoms with Crippen LogP contribution in [0.3, 0.4) is 0 Å². The lowest BCUT2D eigenvalue weighted by Crippen LogP contribution is -2.45. The quantitative estimate of drug-likeness (QED) is 0.770. The van der Waals surface area contributed by atoms with Gasteiger partial charge in [-0.1, -0.05) is 6.92 Å². The maximum atomic E-state index is 12.0. The molecule has 1 unspecified atom stereocenters. The summed E-state index contributed by atoms with van der Waals surface area (Å²) < 4.78 is 5.35. The summed E-state index contributed by atoms with van der Waals surface area (Å²) in [4.78, 5) is 13.6. The molecule has 0 aromatic rings. The Morgan fingerprint density at radius 2 is 2.06 bits per heavy atom. The van der Waals surface area contributed by atoms with E-state index in [0.717, 1.165) is 19.3 Å². The standard InChI is InChI=1S/C13H25NO3/c1-5-13(16)8-6-7-9-14(10-13)11(15)17-12(2,3)4/h16H,5-10H2,1-4H3. The Labute approximate surface area is 104 Å². The fourth-order valence-electron chi connectivity index (χ4n) is 2.04. The fourth-order valence-corrected chi connectivity index (χ4v) is 2.04. The Kier molecular flexibility index (Phi) is 4.42. The maximum absolute atomic E-state index is 12.0. The molecule has 17 heavy (non-hydrogen) atoms. The minimum atomic E-state index is -0.743. The maximum Gasteiger partial charge on any atom is 0.410 e. The molecule has 0 bridgehead atoms. The molecule has 1 N–H and O–H groups in total. The minimum absolute atomic E-state index is 0.314. The molecule has 1 heterocycles. The van der Waals surface area contributed by atoms with Crippen molar-refractivity contribution in [3.8, 4) is 0 Å². The van der Waals surface area contributed by atoms with Gasteiger partial charge in [-0.25, -0.2) is 4.79 Å². The van der Waals surface area contributed by atoms with Crippen molar-refractivity contribution in [1.29, 1.82) is 0 Å². The number of β-amino-alcohol motifs (C(OH)–C–C–N with tert-alkyl or cyclic N) is 1. The van der Waals surface area contributed by atoms with Crippen molar-refractivity contribution in [1.82, 2.24) is 4.90 Å². The molecule has 1 aliphatic rings. The van der Waals surface area contributed by atoms with E-state index in [4.69, 9.17) is 4.74 Å². The van der Waals surface area contributed by atoms with Crippen LogP contribution in [0.1, 0.15) is 53.4 Å². The highest BCUT2D eigenvalue weighted by molar-refractivity contribution is 5.68. The van der Waals surface area contributed by atoms with Gasteiger partial charge in [-0.05, 0) is 46.5 Å². The smallest absolute Gasteiger partial charge is 0.410 e. The second kappa shape index (κ2) is 5.25. The third kappa shape index (κ3) is 4.54. The van der Waals surface area contributed by atoms with Gasteiger partial charge in [-0.3, -0.25) is 0 Å². The van der Waals surface area contributed by atoms with E-state index in [2.05, 4.69) is 0 Å². The van der Waals surface area contributed by atoms with Crippen LogP contribution in [0.5, 0.6) is 0 Å². The van der Waals surface area contributed by atoms with Crippen LogP contribution >= 0.6 is 0 Å². The van der Waals surface area contributed by atoms with Gasteiger partial charge in [0.2, 0.25) is 0 Å². The number of ether oxygens (including phenoxy) is 1. The molecule has 1 aliphatic heterocycles. The lowest BCUT2D eigenvalue weighted by Gasteiger charge is -2.32. The molecule has 0 saturated carbocycles. The third-order valence-electron chi connectivity index (χ3n) is 3.12. The molecule has 1 amide bonds. The lowest BCUT2D eigenvalue weighted by atomic mass is 9.95. The van der Waals surface area contributed by atoms with Gasteiger partial charge in [0.05, 0.1) is 12.1 Å². The summed E-state index contributed by atoms with van der Waals surface area (Å²) in [6.45, 7) is 8.59. The van der Waals surface area contributed by atoms with Crippen molar-refractivity contribution < 1.29 is 14.6 Å². The summed E-state index contributed by atoms with van der Waals surface area (Å²) >= 11 is 0. The summed E-state index contributed by atoms with van der Waals surface area (Å²) in [6.07, 6.45) is 3.02. The topological polar surface area (TPSA) is 49.8 Å². The summed E-state index contributed by atoms with van der Waals surface area (Å²) in [6, 6.07) is 0. The first-order chi connectivity index (χ1) is 7.76. The highest BCUT2D eigenvalue weighted by atomic mass is 16.6. The third-order valence-corrected chi connectivity index (χ3v) is 3.12.